The number of carboxylic acid groups (broad SMARTS) is 1. The fourth-order valence-corrected chi connectivity index (χ4v) is 5.25. The molecule has 3 aromatic carbocycles. The number of ether oxygens (including phenoxy) is 2. The van der Waals surface area contributed by atoms with Crippen molar-refractivity contribution in [1.29, 1.82) is 0 Å². The van der Waals surface area contributed by atoms with Gasteiger partial charge in [-0.2, -0.15) is 0 Å². The van der Waals surface area contributed by atoms with Crippen molar-refractivity contribution in [3.05, 3.63) is 70.8 Å². The van der Waals surface area contributed by atoms with E-state index in [-0.39, 0.29) is 18.6 Å². The summed E-state index contributed by atoms with van der Waals surface area (Å²) in [5.41, 5.74) is 7.67. The number of benzene rings is 3. The van der Waals surface area contributed by atoms with Crippen LogP contribution in [0.1, 0.15) is 95.4 Å². The zero-order chi connectivity index (χ0) is 28.9. The maximum absolute atomic E-state index is 11.2. The molecule has 0 spiro atoms. The molecule has 0 saturated heterocycles. The van der Waals surface area contributed by atoms with Gasteiger partial charge in [0.05, 0.1) is 18.8 Å². The highest BCUT2D eigenvalue weighted by atomic mass is 16.5. The molecule has 218 valence electrons. The van der Waals surface area contributed by atoms with Crippen LogP contribution in [0, 0.1) is 0 Å². The van der Waals surface area contributed by atoms with Crippen LogP contribution < -0.4 is 0 Å². The van der Waals surface area contributed by atoms with Crippen LogP contribution in [0.25, 0.3) is 21.9 Å². The van der Waals surface area contributed by atoms with E-state index in [0.717, 1.165) is 37.9 Å². The summed E-state index contributed by atoms with van der Waals surface area (Å²) in [6.07, 6.45) is 10.0. The van der Waals surface area contributed by atoms with Crippen molar-refractivity contribution >= 4 is 16.7 Å². The molecule has 3 aromatic rings. The molecular formula is C36H50O4. The third-order valence-corrected chi connectivity index (χ3v) is 7.37. The summed E-state index contributed by atoms with van der Waals surface area (Å²) in [6.45, 7) is 12.0. The van der Waals surface area contributed by atoms with Crippen molar-refractivity contribution in [1.82, 2.24) is 0 Å². The van der Waals surface area contributed by atoms with E-state index in [1.807, 2.05) is 0 Å². The van der Waals surface area contributed by atoms with Gasteiger partial charge in [-0.1, -0.05) is 74.7 Å². The van der Waals surface area contributed by atoms with E-state index in [2.05, 4.69) is 83.1 Å². The molecule has 40 heavy (non-hydrogen) atoms. The van der Waals surface area contributed by atoms with E-state index in [4.69, 9.17) is 9.47 Å². The highest BCUT2D eigenvalue weighted by Gasteiger charge is 2.14. The minimum absolute atomic E-state index is 0.144. The molecule has 0 bridgehead atoms. The average molecular weight is 547 g/mol. The van der Waals surface area contributed by atoms with Crippen LogP contribution in [0.3, 0.4) is 0 Å². The number of carboxylic acids is 1. The molecular weight excluding hydrogens is 496 g/mol. The molecule has 4 heteroatoms. The first-order valence-electron chi connectivity index (χ1n) is 15.4. The summed E-state index contributed by atoms with van der Waals surface area (Å²) in [5.74, 6) is -0.760. The van der Waals surface area contributed by atoms with Crippen LogP contribution in [-0.2, 0) is 40.0 Å². The Kier molecular flexibility index (Phi) is 13.2. The molecule has 0 aliphatic heterocycles. The van der Waals surface area contributed by atoms with E-state index in [0.29, 0.717) is 13.0 Å². The first-order chi connectivity index (χ1) is 19.3. The van der Waals surface area contributed by atoms with Crippen molar-refractivity contribution < 1.29 is 19.4 Å². The molecule has 0 atom stereocenters. The normalized spacial score (nSPS) is 11.7. The van der Waals surface area contributed by atoms with Crippen molar-refractivity contribution in [2.24, 2.45) is 0 Å². The predicted octanol–water partition coefficient (Wildman–Crippen LogP) is 8.97. The Labute approximate surface area is 242 Å². The Balaban J connectivity index is 2.04. The maximum Gasteiger partial charge on any atom is 0.303 e. The molecule has 0 unspecified atom stereocenters. The van der Waals surface area contributed by atoms with E-state index >= 15 is 0 Å². The van der Waals surface area contributed by atoms with Crippen molar-refractivity contribution in [3.63, 3.8) is 0 Å². The summed E-state index contributed by atoms with van der Waals surface area (Å²) in [5, 5.41) is 11.6. The van der Waals surface area contributed by atoms with Gasteiger partial charge >= 0.3 is 5.97 Å². The molecule has 4 nitrogen and oxygen atoms in total. The number of hydrogen-bond donors (Lipinski definition) is 1. The zero-order valence-electron chi connectivity index (χ0n) is 25.4. The monoisotopic (exact) mass is 546 g/mol. The second-order valence-corrected chi connectivity index (χ2v) is 11.6. The third kappa shape index (κ3) is 10.4. The van der Waals surface area contributed by atoms with Crippen molar-refractivity contribution in [2.45, 2.75) is 111 Å². The number of fused-ring (bicyclic) bond motifs is 1. The predicted molar refractivity (Wildman–Crippen MR) is 167 cm³/mol. The van der Waals surface area contributed by atoms with Crippen molar-refractivity contribution in [2.75, 3.05) is 13.2 Å². The van der Waals surface area contributed by atoms with Gasteiger partial charge in [-0.3, -0.25) is 4.79 Å². The topological polar surface area (TPSA) is 55.8 Å². The fourth-order valence-electron chi connectivity index (χ4n) is 5.25. The standard InChI is InChI=1S/C36H50O4/c1-6-7-8-9-12-31-16-13-28(11-10-20-39-26(2)3)24-34(31)35-25-30(19-21-40-27(4)5)23-32-22-29(14-17-33(32)35)15-18-36(37)38/h13-14,16-17,22-27H,6-12,15,18-21H2,1-5H3,(H,37,38). The molecule has 0 aliphatic rings. The Bertz CT molecular complexity index is 1210. The molecule has 1 N–H and O–H groups in total. The smallest absolute Gasteiger partial charge is 0.303 e. The lowest BCUT2D eigenvalue weighted by Crippen LogP contribution is -2.06. The molecule has 0 aromatic heterocycles. The molecule has 0 heterocycles. The largest absolute Gasteiger partial charge is 0.481 e. The van der Waals surface area contributed by atoms with E-state index in [1.165, 1.54) is 64.3 Å². The van der Waals surface area contributed by atoms with Crippen LogP contribution in [0.5, 0.6) is 0 Å². The summed E-state index contributed by atoms with van der Waals surface area (Å²) >= 11 is 0. The van der Waals surface area contributed by atoms with Gasteiger partial charge in [0.1, 0.15) is 0 Å². The summed E-state index contributed by atoms with van der Waals surface area (Å²) in [4.78, 5) is 11.2. The van der Waals surface area contributed by atoms with Gasteiger partial charge in [0.25, 0.3) is 0 Å². The van der Waals surface area contributed by atoms with Crippen molar-refractivity contribution in [3.8, 4) is 11.1 Å². The lowest BCUT2D eigenvalue weighted by molar-refractivity contribution is -0.136. The second kappa shape index (κ2) is 16.5. The number of aryl methyl sites for hydroxylation is 3. The van der Waals surface area contributed by atoms with Gasteiger partial charge < -0.3 is 14.6 Å². The highest BCUT2D eigenvalue weighted by Crippen LogP contribution is 2.35. The maximum atomic E-state index is 11.2. The molecule has 3 rings (SSSR count). The summed E-state index contributed by atoms with van der Waals surface area (Å²) < 4.78 is 11.7. The van der Waals surface area contributed by atoms with E-state index < -0.39 is 5.97 Å². The summed E-state index contributed by atoms with van der Waals surface area (Å²) in [6, 6.07) is 18.2. The third-order valence-electron chi connectivity index (χ3n) is 7.37. The van der Waals surface area contributed by atoms with Gasteiger partial charge in [-0.25, -0.2) is 0 Å². The van der Waals surface area contributed by atoms with Gasteiger partial charge in [-0.05, 0) is 110 Å². The SMILES string of the molecule is CCCCCCc1ccc(CCCOC(C)C)cc1-c1cc(CCOC(C)C)cc2cc(CCC(=O)O)ccc12. The lowest BCUT2D eigenvalue weighted by Gasteiger charge is -2.17. The first kappa shape index (κ1) is 31.8. The number of aliphatic carboxylic acids is 1. The van der Waals surface area contributed by atoms with Crippen LogP contribution in [0.2, 0.25) is 0 Å². The Morgan fingerprint density at radius 2 is 1.38 bits per heavy atom. The lowest BCUT2D eigenvalue weighted by atomic mass is 9.88. The van der Waals surface area contributed by atoms with E-state index in [1.54, 1.807) is 0 Å². The highest BCUT2D eigenvalue weighted by molar-refractivity contribution is 5.98. The number of carbonyl (C=O) groups is 1. The minimum atomic E-state index is -0.760. The zero-order valence-corrected chi connectivity index (χ0v) is 25.4. The van der Waals surface area contributed by atoms with Gasteiger partial charge in [0, 0.05) is 13.0 Å². The van der Waals surface area contributed by atoms with Gasteiger partial charge in [0.15, 0.2) is 0 Å². The Hall–Kier alpha value is -2.69. The van der Waals surface area contributed by atoms with Gasteiger partial charge in [-0.15, -0.1) is 0 Å². The minimum Gasteiger partial charge on any atom is -0.481 e. The molecule has 0 fully saturated rings. The Morgan fingerprint density at radius 3 is 2.10 bits per heavy atom. The average Bonchev–Trinajstić information content (AvgIpc) is 2.92. The molecule has 0 radical (unpaired) electrons. The fraction of sp³-hybridized carbons (Fsp3) is 0.528. The number of rotatable bonds is 18. The first-order valence-corrected chi connectivity index (χ1v) is 15.4. The van der Waals surface area contributed by atoms with Crippen LogP contribution in [0.15, 0.2) is 48.5 Å². The number of unbranched alkanes of at least 4 members (excludes halogenated alkanes) is 3. The number of hydrogen-bond acceptors (Lipinski definition) is 3. The quantitative estimate of drug-likeness (QED) is 0.162. The van der Waals surface area contributed by atoms with E-state index in [9.17, 15) is 9.90 Å². The summed E-state index contributed by atoms with van der Waals surface area (Å²) in [7, 11) is 0. The molecule has 0 amide bonds. The van der Waals surface area contributed by atoms with Gasteiger partial charge in [0.2, 0.25) is 0 Å². The molecule has 0 saturated carbocycles. The van der Waals surface area contributed by atoms with Crippen LogP contribution in [-0.4, -0.2) is 36.5 Å². The Morgan fingerprint density at radius 1 is 0.700 bits per heavy atom. The molecule has 0 aliphatic carbocycles. The second-order valence-electron chi connectivity index (χ2n) is 11.6. The van der Waals surface area contributed by atoms with Crippen LogP contribution >= 0.6 is 0 Å². The van der Waals surface area contributed by atoms with Crippen LogP contribution in [0.4, 0.5) is 0 Å².